The van der Waals surface area contributed by atoms with Crippen LogP contribution in [0.4, 0.5) is 0 Å². The molecule has 0 saturated heterocycles. The molecular weight excluding hydrogens is 212 g/mol. The molecule has 2 rings (SSSR count). The van der Waals surface area contributed by atoms with Gasteiger partial charge in [0.25, 0.3) is 5.56 Å². The summed E-state index contributed by atoms with van der Waals surface area (Å²) in [6, 6.07) is 2.11. The Bertz CT molecular complexity index is 460. The van der Waals surface area contributed by atoms with Gasteiger partial charge in [-0.25, -0.2) is 0 Å². The molecule has 1 aliphatic carbocycles. The maximum Gasteiger partial charge on any atom is 0.255 e. The lowest BCUT2D eigenvalue weighted by atomic mass is 10.1. The molecule has 0 aliphatic heterocycles. The highest BCUT2D eigenvalue weighted by molar-refractivity contribution is 5.30. The monoisotopic (exact) mass is 234 g/mol. The molecule has 1 aromatic rings. The second-order valence-corrected chi connectivity index (χ2v) is 5.33. The second-order valence-electron chi connectivity index (χ2n) is 5.33. The van der Waals surface area contributed by atoms with E-state index in [0.717, 1.165) is 24.9 Å². The Morgan fingerprint density at radius 1 is 1.41 bits per heavy atom. The number of pyridine rings is 1. The van der Waals surface area contributed by atoms with Crippen LogP contribution in [0.5, 0.6) is 0 Å². The minimum atomic E-state index is 0.203. The summed E-state index contributed by atoms with van der Waals surface area (Å²) in [6.07, 6.45) is 3.39. The molecule has 1 heterocycles. The first kappa shape index (κ1) is 12.4. The Morgan fingerprint density at radius 2 is 2.18 bits per heavy atom. The fraction of sp³-hybridized carbons (Fsp3) is 0.643. The lowest BCUT2D eigenvalue weighted by molar-refractivity contribution is 0.494. The van der Waals surface area contributed by atoms with Crippen molar-refractivity contribution in [2.24, 2.45) is 5.92 Å². The van der Waals surface area contributed by atoms with Crippen molar-refractivity contribution in [2.75, 3.05) is 7.05 Å². The molecule has 1 aromatic heterocycles. The van der Waals surface area contributed by atoms with Gasteiger partial charge < -0.3 is 9.88 Å². The Balaban J connectivity index is 2.50. The van der Waals surface area contributed by atoms with Gasteiger partial charge in [-0.05, 0) is 43.9 Å². The van der Waals surface area contributed by atoms with E-state index in [9.17, 15) is 4.79 Å². The van der Waals surface area contributed by atoms with Crippen LogP contribution in [0.25, 0.3) is 0 Å². The van der Waals surface area contributed by atoms with Gasteiger partial charge in [0, 0.05) is 24.3 Å². The molecule has 0 bridgehead atoms. The van der Waals surface area contributed by atoms with Crippen molar-refractivity contribution in [1.29, 1.82) is 0 Å². The van der Waals surface area contributed by atoms with Crippen molar-refractivity contribution >= 4 is 0 Å². The zero-order valence-electron chi connectivity index (χ0n) is 11.0. The van der Waals surface area contributed by atoms with E-state index in [2.05, 4.69) is 25.2 Å². The number of nitrogens with zero attached hydrogens (tertiary/aromatic N) is 1. The SMILES string of the molecule is CNCc1cc2c(n(CC(C)C)c1=O)CCC2. The fourth-order valence-electron chi connectivity index (χ4n) is 2.66. The van der Waals surface area contributed by atoms with Crippen molar-refractivity contribution in [1.82, 2.24) is 9.88 Å². The third-order valence-electron chi connectivity index (χ3n) is 3.34. The molecule has 0 unspecified atom stereocenters. The minimum absolute atomic E-state index is 0.203. The van der Waals surface area contributed by atoms with Crippen LogP contribution in [0.15, 0.2) is 10.9 Å². The number of hydrogen-bond donors (Lipinski definition) is 1. The number of aryl methyl sites for hydroxylation is 1. The molecule has 1 aliphatic rings. The van der Waals surface area contributed by atoms with E-state index in [1.165, 1.54) is 17.7 Å². The maximum absolute atomic E-state index is 12.4. The molecular formula is C14H22N2O. The lowest BCUT2D eigenvalue weighted by Crippen LogP contribution is -2.30. The Morgan fingerprint density at radius 3 is 2.82 bits per heavy atom. The third-order valence-corrected chi connectivity index (χ3v) is 3.34. The van der Waals surface area contributed by atoms with Gasteiger partial charge in [0.15, 0.2) is 0 Å². The fourth-order valence-corrected chi connectivity index (χ4v) is 2.66. The first-order valence-corrected chi connectivity index (χ1v) is 6.52. The second kappa shape index (κ2) is 5.05. The molecule has 0 atom stereocenters. The van der Waals surface area contributed by atoms with E-state index in [1.54, 1.807) is 0 Å². The van der Waals surface area contributed by atoms with Gasteiger partial charge in [-0.3, -0.25) is 4.79 Å². The molecule has 3 heteroatoms. The highest BCUT2D eigenvalue weighted by Crippen LogP contribution is 2.22. The summed E-state index contributed by atoms with van der Waals surface area (Å²) in [5.41, 5.74) is 3.78. The molecule has 0 amide bonds. The van der Waals surface area contributed by atoms with Gasteiger partial charge in [-0.2, -0.15) is 0 Å². The van der Waals surface area contributed by atoms with Crippen LogP contribution in [0, 0.1) is 5.92 Å². The standard InChI is InChI=1S/C14H22N2O/c1-10(2)9-16-13-6-4-5-11(13)7-12(8-15-3)14(16)17/h7,10,15H,4-6,8-9H2,1-3H3. The molecule has 0 radical (unpaired) electrons. The highest BCUT2D eigenvalue weighted by Gasteiger charge is 2.19. The summed E-state index contributed by atoms with van der Waals surface area (Å²) in [5.74, 6) is 0.516. The van der Waals surface area contributed by atoms with Crippen molar-refractivity contribution in [3.63, 3.8) is 0 Å². The van der Waals surface area contributed by atoms with Gasteiger partial charge in [0.1, 0.15) is 0 Å². The summed E-state index contributed by atoms with van der Waals surface area (Å²) in [7, 11) is 1.89. The normalized spacial score (nSPS) is 14.4. The summed E-state index contributed by atoms with van der Waals surface area (Å²) in [4.78, 5) is 12.4. The van der Waals surface area contributed by atoms with Crippen molar-refractivity contribution in [2.45, 2.75) is 46.2 Å². The van der Waals surface area contributed by atoms with Crippen LogP contribution in [-0.4, -0.2) is 11.6 Å². The zero-order valence-corrected chi connectivity index (χ0v) is 11.0. The van der Waals surface area contributed by atoms with Crippen molar-refractivity contribution in [3.05, 3.63) is 33.2 Å². The molecule has 94 valence electrons. The summed E-state index contributed by atoms with van der Waals surface area (Å²) >= 11 is 0. The summed E-state index contributed by atoms with van der Waals surface area (Å²) in [5, 5.41) is 3.08. The number of aromatic nitrogens is 1. The van der Waals surface area contributed by atoms with E-state index in [4.69, 9.17) is 0 Å². The van der Waals surface area contributed by atoms with Crippen LogP contribution in [0.2, 0.25) is 0 Å². The van der Waals surface area contributed by atoms with Crippen LogP contribution in [0.3, 0.4) is 0 Å². The van der Waals surface area contributed by atoms with Crippen molar-refractivity contribution < 1.29 is 0 Å². The molecule has 0 saturated carbocycles. The van der Waals surface area contributed by atoms with E-state index >= 15 is 0 Å². The van der Waals surface area contributed by atoms with Crippen LogP contribution in [-0.2, 0) is 25.9 Å². The largest absolute Gasteiger partial charge is 0.315 e. The van der Waals surface area contributed by atoms with Crippen molar-refractivity contribution in [3.8, 4) is 0 Å². The van der Waals surface area contributed by atoms with E-state index in [-0.39, 0.29) is 5.56 Å². The third kappa shape index (κ3) is 2.44. The van der Waals surface area contributed by atoms with E-state index in [1.807, 2.05) is 11.6 Å². The van der Waals surface area contributed by atoms with Gasteiger partial charge in [-0.15, -0.1) is 0 Å². The smallest absolute Gasteiger partial charge is 0.255 e. The number of rotatable bonds is 4. The lowest BCUT2D eigenvalue weighted by Gasteiger charge is -2.16. The first-order chi connectivity index (χ1) is 8.13. The average Bonchev–Trinajstić information content (AvgIpc) is 2.71. The van der Waals surface area contributed by atoms with Gasteiger partial charge in [-0.1, -0.05) is 13.8 Å². The van der Waals surface area contributed by atoms with Gasteiger partial charge >= 0.3 is 0 Å². The van der Waals surface area contributed by atoms with Gasteiger partial charge in [0.05, 0.1) is 0 Å². The summed E-state index contributed by atoms with van der Waals surface area (Å²) < 4.78 is 2.01. The highest BCUT2D eigenvalue weighted by atomic mass is 16.1. The van der Waals surface area contributed by atoms with E-state index in [0.29, 0.717) is 12.5 Å². The molecule has 17 heavy (non-hydrogen) atoms. The van der Waals surface area contributed by atoms with Crippen LogP contribution >= 0.6 is 0 Å². The maximum atomic E-state index is 12.4. The minimum Gasteiger partial charge on any atom is -0.315 e. The number of nitrogens with one attached hydrogen (secondary N) is 1. The number of fused-ring (bicyclic) bond motifs is 1. The van der Waals surface area contributed by atoms with Gasteiger partial charge in [0.2, 0.25) is 0 Å². The van der Waals surface area contributed by atoms with Crippen LogP contribution < -0.4 is 10.9 Å². The predicted octanol–water partition coefficient (Wildman–Crippen LogP) is 1.71. The van der Waals surface area contributed by atoms with E-state index < -0.39 is 0 Å². The zero-order chi connectivity index (χ0) is 12.4. The predicted molar refractivity (Wildman–Crippen MR) is 70.3 cm³/mol. The quantitative estimate of drug-likeness (QED) is 0.860. The Labute approximate surface area is 103 Å². The topological polar surface area (TPSA) is 34.0 Å². The molecule has 0 fully saturated rings. The Hall–Kier alpha value is -1.09. The Kier molecular flexibility index (Phi) is 3.67. The molecule has 0 spiro atoms. The molecule has 0 aromatic carbocycles. The molecule has 3 nitrogen and oxygen atoms in total. The molecule has 1 N–H and O–H groups in total. The van der Waals surface area contributed by atoms with Crippen LogP contribution in [0.1, 0.15) is 37.1 Å². The average molecular weight is 234 g/mol. The number of hydrogen-bond acceptors (Lipinski definition) is 2. The first-order valence-electron chi connectivity index (χ1n) is 6.52. The summed E-state index contributed by atoms with van der Waals surface area (Å²) in [6.45, 7) is 5.85.